The summed E-state index contributed by atoms with van der Waals surface area (Å²) in [6.07, 6.45) is 4.37. The Morgan fingerprint density at radius 2 is 1.68 bits per heavy atom. The third kappa shape index (κ3) is 6.44. The van der Waals surface area contributed by atoms with Crippen molar-refractivity contribution in [3.05, 3.63) is 23.8 Å². The molecule has 0 aliphatic heterocycles. The maximum absolute atomic E-state index is 11.9. The molecule has 0 bridgehead atoms. The second kappa shape index (κ2) is 10.4. The van der Waals surface area contributed by atoms with Crippen molar-refractivity contribution in [3.8, 4) is 5.75 Å². The summed E-state index contributed by atoms with van der Waals surface area (Å²) in [6.45, 7) is 0.907. The van der Waals surface area contributed by atoms with Crippen molar-refractivity contribution >= 4 is 30.5 Å². The van der Waals surface area contributed by atoms with Gasteiger partial charge in [-0.2, -0.15) is 0 Å². The molecule has 1 aromatic rings. The number of hydrogen-bond donors (Lipinski definition) is 1. The maximum atomic E-state index is 11.9. The quantitative estimate of drug-likeness (QED) is 0.380. The van der Waals surface area contributed by atoms with Gasteiger partial charge >= 0.3 is 17.9 Å². The van der Waals surface area contributed by atoms with Gasteiger partial charge in [0.1, 0.15) is 11.4 Å². The minimum Gasteiger partial charge on any atom is -0.496 e. The van der Waals surface area contributed by atoms with E-state index in [9.17, 15) is 14.4 Å². The van der Waals surface area contributed by atoms with Crippen LogP contribution in [0.2, 0.25) is 0 Å². The Morgan fingerprint density at radius 3 is 2.32 bits per heavy atom. The van der Waals surface area contributed by atoms with E-state index in [-0.39, 0.29) is 6.42 Å². The van der Waals surface area contributed by atoms with Gasteiger partial charge in [0.25, 0.3) is 0 Å². The van der Waals surface area contributed by atoms with Gasteiger partial charge in [0.15, 0.2) is 13.2 Å². The highest BCUT2D eigenvalue weighted by Crippen LogP contribution is 2.35. The van der Waals surface area contributed by atoms with E-state index < -0.39 is 36.7 Å². The Kier molecular flexibility index (Phi) is 8.17. The van der Waals surface area contributed by atoms with Crippen LogP contribution in [-0.4, -0.2) is 43.8 Å². The van der Waals surface area contributed by atoms with Crippen molar-refractivity contribution in [3.63, 3.8) is 0 Å². The first-order valence-electron chi connectivity index (χ1n) is 9.26. The van der Waals surface area contributed by atoms with E-state index in [1.165, 1.54) is 7.11 Å². The zero-order chi connectivity index (χ0) is 20.6. The molecule has 1 aliphatic rings. The van der Waals surface area contributed by atoms with Gasteiger partial charge in [-0.3, -0.25) is 4.79 Å². The molecule has 1 fully saturated rings. The lowest BCUT2D eigenvalue weighted by molar-refractivity contribution is -0.172. The lowest BCUT2D eigenvalue weighted by Gasteiger charge is -2.27. The molecule has 0 aromatic heterocycles. The highest BCUT2D eigenvalue weighted by atomic mass is 32.1. The highest BCUT2D eigenvalue weighted by molar-refractivity contribution is 7.80. The molecule has 0 radical (unpaired) electrons. The molecule has 7 nitrogen and oxygen atoms in total. The smallest absolute Gasteiger partial charge is 0.344 e. The van der Waals surface area contributed by atoms with Crippen molar-refractivity contribution in [2.45, 2.75) is 55.9 Å². The number of rotatable bonds is 9. The van der Waals surface area contributed by atoms with Gasteiger partial charge in [-0.25, -0.2) is 9.59 Å². The topological polar surface area (TPSA) is 88.1 Å². The van der Waals surface area contributed by atoms with Crippen LogP contribution < -0.4 is 4.74 Å². The number of ether oxygens (including phenoxy) is 4. The fraction of sp³-hybridized carbons (Fsp3) is 0.550. The lowest BCUT2D eigenvalue weighted by atomic mass is 9.99. The predicted molar refractivity (Wildman–Crippen MR) is 103 cm³/mol. The molecule has 0 N–H and O–H groups in total. The fourth-order valence-electron chi connectivity index (χ4n) is 3.25. The van der Waals surface area contributed by atoms with Crippen molar-refractivity contribution in [1.82, 2.24) is 0 Å². The van der Waals surface area contributed by atoms with Gasteiger partial charge in [-0.1, -0.05) is 6.92 Å². The summed E-state index contributed by atoms with van der Waals surface area (Å²) in [5, 5.41) is 0. The monoisotopic (exact) mass is 410 g/mol. The minimum atomic E-state index is -0.808. The van der Waals surface area contributed by atoms with Crippen molar-refractivity contribution < 1.29 is 33.3 Å². The zero-order valence-electron chi connectivity index (χ0n) is 16.2. The minimum absolute atomic E-state index is 0.0775. The fourth-order valence-corrected chi connectivity index (χ4v) is 3.48. The Bertz CT molecular complexity index is 711. The van der Waals surface area contributed by atoms with E-state index in [2.05, 4.69) is 12.6 Å². The first-order valence-corrected chi connectivity index (χ1v) is 9.71. The molecule has 1 saturated carbocycles. The number of methoxy groups -OCH3 is 1. The molecular weight excluding hydrogens is 384 g/mol. The Labute approximate surface area is 170 Å². The summed E-state index contributed by atoms with van der Waals surface area (Å²) >= 11 is 4.22. The standard InChI is InChI=1S/C20H26O7S/c1-3-20(8-4-5-9-20)27-19(23)13-26-18(22)12-25-17(21)11-14-10-15(28)6-7-16(14)24-2/h6-7,10,28H,3-5,8-9,11-13H2,1-2H3. The maximum Gasteiger partial charge on any atom is 0.344 e. The highest BCUT2D eigenvalue weighted by Gasteiger charge is 2.36. The average Bonchev–Trinajstić information content (AvgIpc) is 3.14. The molecule has 0 saturated heterocycles. The van der Waals surface area contributed by atoms with Crippen molar-refractivity contribution in [2.24, 2.45) is 0 Å². The van der Waals surface area contributed by atoms with E-state index in [4.69, 9.17) is 18.9 Å². The lowest BCUT2D eigenvalue weighted by Crippen LogP contribution is -2.33. The van der Waals surface area contributed by atoms with Gasteiger partial charge in [-0.15, -0.1) is 12.6 Å². The van der Waals surface area contributed by atoms with E-state index in [1.54, 1.807) is 18.2 Å². The van der Waals surface area contributed by atoms with Crippen LogP contribution in [0.3, 0.4) is 0 Å². The average molecular weight is 410 g/mol. The van der Waals surface area contributed by atoms with Gasteiger partial charge in [0.2, 0.25) is 0 Å². The van der Waals surface area contributed by atoms with Crippen LogP contribution in [-0.2, 0) is 35.0 Å². The molecular formula is C20H26O7S. The first-order chi connectivity index (χ1) is 13.4. The Balaban J connectivity index is 1.72. The molecule has 28 heavy (non-hydrogen) atoms. The third-order valence-electron chi connectivity index (χ3n) is 4.79. The number of benzene rings is 1. The molecule has 1 aromatic carbocycles. The number of carbonyl (C=O) groups excluding carboxylic acids is 3. The first kappa shape index (κ1) is 22.1. The number of carbonyl (C=O) groups is 3. The molecule has 0 atom stereocenters. The third-order valence-corrected chi connectivity index (χ3v) is 5.07. The molecule has 0 unspecified atom stereocenters. The number of hydrogen-bond acceptors (Lipinski definition) is 8. The van der Waals surface area contributed by atoms with E-state index in [0.29, 0.717) is 16.2 Å². The van der Waals surface area contributed by atoms with Crippen LogP contribution in [0.1, 0.15) is 44.6 Å². The van der Waals surface area contributed by atoms with Crippen LogP contribution in [0.4, 0.5) is 0 Å². The van der Waals surface area contributed by atoms with Crippen LogP contribution in [0, 0.1) is 0 Å². The molecule has 0 amide bonds. The second-order valence-electron chi connectivity index (χ2n) is 6.71. The second-order valence-corrected chi connectivity index (χ2v) is 7.23. The van der Waals surface area contributed by atoms with Crippen LogP contribution in [0.5, 0.6) is 5.75 Å². The summed E-state index contributed by atoms with van der Waals surface area (Å²) in [7, 11) is 1.49. The Morgan fingerprint density at radius 1 is 1.04 bits per heavy atom. The molecule has 2 rings (SSSR count). The van der Waals surface area contributed by atoms with E-state index in [0.717, 1.165) is 32.1 Å². The summed E-state index contributed by atoms with van der Waals surface area (Å²) in [5.74, 6) is -1.49. The summed E-state index contributed by atoms with van der Waals surface area (Å²) in [6, 6.07) is 5.11. The van der Waals surface area contributed by atoms with Crippen LogP contribution >= 0.6 is 12.6 Å². The SMILES string of the molecule is CCC1(OC(=O)COC(=O)COC(=O)Cc2cc(S)ccc2OC)CCCC1. The summed E-state index contributed by atoms with van der Waals surface area (Å²) in [5.41, 5.74) is 0.162. The van der Waals surface area contributed by atoms with Crippen molar-refractivity contribution in [1.29, 1.82) is 0 Å². The van der Waals surface area contributed by atoms with Gasteiger partial charge in [0, 0.05) is 10.5 Å². The van der Waals surface area contributed by atoms with Crippen molar-refractivity contribution in [2.75, 3.05) is 20.3 Å². The largest absolute Gasteiger partial charge is 0.496 e. The summed E-state index contributed by atoms with van der Waals surface area (Å²) in [4.78, 5) is 36.3. The van der Waals surface area contributed by atoms with E-state index >= 15 is 0 Å². The number of esters is 3. The van der Waals surface area contributed by atoms with Crippen LogP contribution in [0.15, 0.2) is 23.1 Å². The molecule has 0 heterocycles. The Hall–Kier alpha value is -2.22. The molecule has 1 aliphatic carbocycles. The van der Waals surface area contributed by atoms with Gasteiger partial charge < -0.3 is 18.9 Å². The number of thiol groups is 1. The van der Waals surface area contributed by atoms with Crippen LogP contribution in [0.25, 0.3) is 0 Å². The molecule has 0 spiro atoms. The van der Waals surface area contributed by atoms with Gasteiger partial charge in [0.05, 0.1) is 13.5 Å². The summed E-state index contributed by atoms with van der Waals surface area (Å²) < 4.78 is 20.4. The van der Waals surface area contributed by atoms with Gasteiger partial charge in [-0.05, 0) is 50.3 Å². The van der Waals surface area contributed by atoms with E-state index in [1.807, 2.05) is 6.92 Å². The molecule has 154 valence electrons. The zero-order valence-corrected chi connectivity index (χ0v) is 17.1. The normalized spacial score (nSPS) is 15.0. The molecule has 8 heteroatoms. The predicted octanol–water partition coefficient (Wildman–Crippen LogP) is 2.88.